The molecule has 27 heavy (non-hydrogen) atoms. The van der Waals surface area contributed by atoms with E-state index in [1.165, 1.54) is 18.4 Å². The van der Waals surface area contributed by atoms with Crippen molar-refractivity contribution in [2.24, 2.45) is 5.92 Å². The first-order valence-corrected chi connectivity index (χ1v) is 9.72. The second-order valence-electron chi connectivity index (χ2n) is 7.74. The number of fused-ring (bicyclic) bond motifs is 1. The standard InChI is InChI=1S/C21H25N5O/c1-13-9-22-10-17(13)25-20-5-3-4-16(24-20)18-11-23-21-8-19(27-2)15(12-26(18)21)14-6-7-14/h3-5,8,11-14,17,22H,6-7,9-10H2,1-2H3,(H,24,25)/t13-,17-/m0/s1. The number of anilines is 1. The van der Waals surface area contributed by atoms with Crippen LogP contribution in [0.5, 0.6) is 5.75 Å². The van der Waals surface area contributed by atoms with E-state index in [1.54, 1.807) is 7.11 Å². The van der Waals surface area contributed by atoms with Gasteiger partial charge >= 0.3 is 0 Å². The Labute approximate surface area is 159 Å². The molecule has 0 aromatic carbocycles. The summed E-state index contributed by atoms with van der Waals surface area (Å²) in [5, 5.41) is 7.00. The highest BCUT2D eigenvalue weighted by molar-refractivity contribution is 5.64. The molecule has 2 fully saturated rings. The number of rotatable bonds is 5. The molecule has 6 heteroatoms. The summed E-state index contributed by atoms with van der Waals surface area (Å²) >= 11 is 0. The third-order valence-corrected chi connectivity index (χ3v) is 5.74. The van der Waals surface area contributed by atoms with Gasteiger partial charge in [0.1, 0.15) is 17.2 Å². The van der Waals surface area contributed by atoms with Crippen LogP contribution >= 0.6 is 0 Å². The molecular weight excluding hydrogens is 338 g/mol. The Morgan fingerprint density at radius 3 is 2.89 bits per heavy atom. The molecule has 0 amide bonds. The van der Waals surface area contributed by atoms with E-state index in [2.05, 4.69) is 39.2 Å². The first-order chi connectivity index (χ1) is 13.2. The molecule has 1 saturated heterocycles. The van der Waals surface area contributed by atoms with Crippen molar-refractivity contribution < 1.29 is 4.74 Å². The minimum Gasteiger partial charge on any atom is -0.496 e. The molecule has 0 spiro atoms. The molecule has 5 rings (SSSR count). The van der Waals surface area contributed by atoms with Gasteiger partial charge < -0.3 is 15.4 Å². The number of nitrogens with one attached hydrogen (secondary N) is 2. The fraction of sp³-hybridized carbons (Fsp3) is 0.429. The summed E-state index contributed by atoms with van der Waals surface area (Å²) in [5.41, 5.74) is 4.10. The van der Waals surface area contributed by atoms with Crippen molar-refractivity contribution in [1.29, 1.82) is 0 Å². The molecule has 2 aliphatic rings. The molecule has 2 N–H and O–H groups in total. The molecule has 3 aromatic rings. The van der Waals surface area contributed by atoms with Crippen LogP contribution in [0.3, 0.4) is 0 Å². The number of hydrogen-bond acceptors (Lipinski definition) is 5. The van der Waals surface area contributed by atoms with E-state index in [1.807, 2.05) is 24.4 Å². The molecular formula is C21H25N5O. The maximum Gasteiger partial charge on any atom is 0.140 e. The molecule has 1 aliphatic carbocycles. The molecule has 0 radical (unpaired) electrons. The highest BCUT2D eigenvalue weighted by Gasteiger charge is 2.28. The van der Waals surface area contributed by atoms with Crippen LogP contribution in [0.2, 0.25) is 0 Å². The maximum absolute atomic E-state index is 5.59. The monoisotopic (exact) mass is 363 g/mol. The number of hydrogen-bond donors (Lipinski definition) is 2. The summed E-state index contributed by atoms with van der Waals surface area (Å²) in [7, 11) is 1.73. The topological polar surface area (TPSA) is 63.5 Å². The molecule has 0 bridgehead atoms. The highest BCUT2D eigenvalue weighted by atomic mass is 16.5. The predicted molar refractivity (Wildman–Crippen MR) is 106 cm³/mol. The van der Waals surface area contributed by atoms with E-state index in [-0.39, 0.29) is 0 Å². The number of aromatic nitrogens is 3. The third kappa shape index (κ3) is 3.04. The zero-order chi connectivity index (χ0) is 18.4. The van der Waals surface area contributed by atoms with Gasteiger partial charge in [-0.1, -0.05) is 13.0 Å². The van der Waals surface area contributed by atoms with Crippen molar-refractivity contribution in [2.75, 3.05) is 25.5 Å². The average Bonchev–Trinajstić information content (AvgIpc) is 3.34. The molecule has 1 saturated carbocycles. The number of nitrogens with zero attached hydrogens (tertiary/aromatic N) is 3. The summed E-state index contributed by atoms with van der Waals surface area (Å²) < 4.78 is 7.73. The van der Waals surface area contributed by atoms with Crippen molar-refractivity contribution in [1.82, 2.24) is 19.7 Å². The lowest BCUT2D eigenvalue weighted by Crippen LogP contribution is -2.27. The molecule has 1 aliphatic heterocycles. The number of imidazole rings is 1. The number of ether oxygens (including phenoxy) is 1. The van der Waals surface area contributed by atoms with E-state index in [4.69, 9.17) is 9.72 Å². The summed E-state index contributed by atoms with van der Waals surface area (Å²) in [6.07, 6.45) is 6.55. The van der Waals surface area contributed by atoms with Crippen molar-refractivity contribution in [2.45, 2.75) is 31.7 Å². The second-order valence-corrected chi connectivity index (χ2v) is 7.74. The van der Waals surface area contributed by atoms with Gasteiger partial charge in [0, 0.05) is 30.4 Å². The molecule has 0 unspecified atom stereocenters. The Morgan fingerprint density at radius 2 is 2.15 bits per heavy atom. The SMILES string of the molecule is COc1cc2ncc(-c3cccc(N[C@H]4CNC[C@@H]4C)n3)n2cc1C1CC1. The fourth-order valence-corrected chi connectivity index (χ4v) is 3.94. The van der Waals surface area contributed by atoms with Crippen LogP contribution in [0.1, 0.15) is 31.2 Å². The van der Waals surface area contributed by atoms with Gasteiger partial charge in [-0.3, -0.25) is 4.40 Å². The van der Waals surface area contributed by atoms with E-state index < -0.39 is 0 Å². The van der Waals surface area contributed by atoms with E-state index in [9.17, 15) is 0 Å². The van der Waals surface area contributed by atoms with Gasteiger partial charge in [0.2, 0.25) is 0 Å². The number of pyridine rings is 2. The van der Waals surface area contributed by atoms with Crippen LogP contribution < -0.4 is 15.4 Å². The summed E-state index contributed by atoms with van der Waals surface area (Å²) in [5.74, 6) is 3.06. The van der Waals surface area contributed by atoms with Crippen LogP contribution in [0.4, 0.5) is 5.82 Å². The van der Waals surface area contributed by atoms with Gasteiger partial charge in [0.25, 0.3) is 0 Å². The van der Waals surface area contributed by atoms with E-state index >= 15 is 0 Å². The summed E-state index contributed by atoms with van der Waals surface area (Å²) in [6.45, 7) is 4.29. The quantitative estimate of drug-likeness (QED) is 0.728. The molecule has 6 nitrogen and oxygen atoms in total. The minimum absolute atomic E-state index is 0.417. The molecule has 140 valence electrons. The van der Waals surface area contributed by atoms with Crippen molar-refractivity contribution in [3.63, 3.8) is 0 Å². The van der Waals surface area contributed by atoms with Crippen molar-refractivity contribution >= 4 is 11.5 Å². The van der Waals surface area contributed by atoms with Crippen molar-refractivity contribution in [3.8, 4) is 17.1 Å². The lowest BCUT2D eigenvalue weighted by atomic mass is 10.1. The smallest absolute Gasteiger partial charge is 0.140 e. The fourth-order valence-electron chi connectivity index (χ4n) is 3.94. The minimum atomic E-state index is 0.417. The average molecular weight is 363 g/mol. The van der Waals surface area contributed by atoms with E-state index in [0.29, 0.717) is 17.9 Å². The lowest BCUT2D eigenvalue weighted by Gasteiger charge is -2.17. The highest BCUT2D eigenvalue weighted by Crippen LogP contribution is 2.44. The Bertz CT molecular complexity index is 978. The largest absolute Gasteiger partial charge is 0.496 e. The Morgan fingerprint density at radius 1 is 1.26 bits per heavy atom. The van der Waals surface area contributed by atoms with Gasteiger partial charge in [0.05, 0.1) is 24.7 Å². The van der Waals surface area contributed by atoms with Crippen LogP contribution in [0.25, 0.3) is 17.0 Å². The molecule has 3 aromatic heterocycles. The second kappa shape index (κ2) is 6.53. The van der Waals surface area contributed by atoms with Crippen molar-refractivity contribution in [3.05, 3.63) is 42.2 Å². The molecule has 2 atom stereocenters. The van der Waals surface area contributed by atoms with Crippen LogP contribution in [-0.4, -0.2) is 40.6 Å². The van der Waals surface area contributed by atoms with Crippen LogP contribution in [-0.2, 0) is 0 Å². The normalized spacial score (nSPS) is 22.3. The number of methoxy groups -OCH3 is 1. The zero-order valence-corrected chi connectivity index (χ0v) is 15.8. The zero-order valence-electron chi connectivity index (χ0n) is 15.8. The first-order valence-electron chi connectivity index (χ1n) is 9.72. The van der Waals surface area contributed by atoms with Gasteiger partial charge in [0.15, 0.2) is 0 Å². The van der Waals surface area contributed by atoms with Gasteiger partial charge in [-0.15, -0.1) is 0 Å². The van der Waals surface area contributed by atoms with E-state index in [0.717, 1.165) is 41.7 Å². The summed E-state index contributed by atoms with van der Waals surface area (Å²) in [4.78, 5) is 9.45. The Balaban J connectivity index is 1.51. The first kappa shape index (κ1) is 16.6. The van der Waals surface area contributed by atoms with Gasteiger partial charge in [-0.05, 0) is 43.4 Å². The Kier molecular flexibility index (Phi) is 4.01. The maximum atomic E-state index is 5.59. The lowest BCUT2D eigenvalue weighted by molar-refractivity contribution is 0.409. The van der Waals surface area contributed by atoms with Crippen LogP contribution in [0, 0.1) is 5.92 Å². The Hall–Kier alpha value is -2.60. The summed E-state index contributed by atoms with van der Waals surface area (Å²) in [6, 6.07) is 8.59. The molecule has 4 heterocycles. The van der Waals surface area contributed by atoms with Gasteiger partial charge in [-0.25, -0.2) is 9.97 Å². The third-order valence-electron chi connectivity index (χ3n) is 5.74. The van der Waals surface area contributed by atoms with Gasteiger partial charge in [-0.2, -0.15) is 0 Å². The predicted octanol–water partition coefficient (Wildman–Crippen LogP) is 3.30. The van der Waals surface area contributed by atoms with Crippen LogP contribution in [0.15, 0.2) is 36.7 Å².